The Morgan fingerprint density at radius 2 is 1.61 bits per heavy atom. The molecule has 0 spiro atoms. The molecular weight excluding hydrogens is 398 g/mol. The van der Waals surface area contributed by atoms with E-state index < -0.39 is 0 Å². The molecule has 0 saturated carbocycles. The summed E-state index contributed by atoms with van der Waals surface area (Å²) in [4.78, 5) is 19.4. The van der Waals surface area contributed by atoms with Gasteiger partial charge in [-0.25, -0.2) is 13.8 Å². The summed E-state index contributed by atoms with van der Waals surface area (Å²) in [6.45, 7) is 7.73. The number of nitrogens with zero attached hydrogens (tertiary/aromatic N) is 3. The average molecular weight is 424 g/mol. The molecular formula is C24H26F2N4O. The highest BCUT2D eigenvalue weighted by Gasteiger charge is 2.28. The molecule has 1 aliphatic rings. The van der Waals surface area contributed by atoms with E-state index in [1.165, 1.54) is 24.3 Å². The largest absolute Gasteiger partial charge is 0.340 e. The molecule has 0 saturated heterocycles. The molecule has 1 aliphatic heterocycles. The van der Waals surface area contributed by atoms with Gasteiger partial charge >= 0.3 is 0 Å². The number of carbonyl (C=O) groups excluding carboxylic acids is 1. The number of nitrogens with one attached hydrogen (secondary N) is 1. The van der Waals surface area contributed by atoms with Gasteiger partial charge < -0.3 is 14.8 Å². The third-order valence-electron chi connectivity index (χ3n) is 5.23. The van der Waals surface area contributed by atoms with Crippen LogP contribution in [0.25, 0.3) is 11.3 Å². The summed E-state index contributed by atoms with van der Waals surface area (Å²) < 4.78 is 28.9. The molecule has 3 aromatic rings. The first-order valence-corrected chi connectivity index (χ1v) is 10.4. The van der Waals surface area contributed by atoms with Crippen LogP contribution in [0.15, 0.2) is 48.5 Å². The number of rotatable bonds is 4. The van der Waals surface area contributed by atoms with Crippen molar-refractivity contribution in [1.29, 1.82) is 0 Å². The van der Waals surface area contributed by atoms with Crippen LogP contribution in [0.4, 0.5) is 20.3 Å². The Hall–Kier alpha value is -3.22. The van der Waals surface area contributed by atoms with E-state index in [9.17, 15) is 13.6 Å². The zero-order chi connectivity index (χ0) is 22.2. The van der Waals surface area contributed by atoms with E-state index >= 15 is 0 Å². The van der Waals surface area contributed by atoms with Crippen molar-refractivity contribution in [3.8, 4) is 11.3 Å². The SMILES string of the molecule is CC(C)(C)CC(=O)N1CCn2c(nc(-c3ccc(F)cc3)c2Nc2ccc(F)cc2)C1. The predicted molar refractivity (Wildman–Crippen MR) is 117 cm³/mol. The molecule has 4 rings (SSSR count). The van der Waals surface area contributed by atoms with Crippen molar-refractivity contribution >= 4 is 17.4 Å². The van der Waals surface area contributed by atoms with Crippen LogP contribution in [0, 0.1) is 17.0 Å². The van der Waals surface area contributed by atoms with E-state index in [2.05, 4.69) is 5.32 Å². The molecule has 1 amide bonds. The van der Waals surface area contributed by atoms with Gasteiger partial charge in [0.15, 0.2) is 0 Å². The summed E-state index contributed by atoms with van der Waals surface area (Å²) in [5.41, 5.74) is 2.07. The number of aromatic nitrogens is 2. The topological polar surface area (TPSA) is 50.2 Å². The number of imidazole rings is 1. The zero-order valence-electron chi connectivity index (χ0n) is 18.0. The number of carbonyl (C=O) groups is 1. The predicted octanol–water partition coefficient (Wildman–Crippen LogP) is 5.35. The van der Waals surface area contributed by atoms with Crippen molar-refractivity contribution in [1.82, 2.24) is 14.5 Å². The second kappa shape index (κ2) is 8.13. The van der Waals surface area contributed by atoms with Gasteiger partial charge in [-0.1, -0.05) is 20.8 Å². The highest BCUT2D eigenvalue weighted by molar-refractivity contribution is 5.78. The van der Waals surface area contributed by atoms with Gasteiger partial charge in [-0.05, 0) is 53.9 Å². The molecule has 5 nitrogen and oxygen atoms in total. The fourth-order valence-electron chi connectivity index (χ4n) is 3.72. The molecule has 0 fully saturated rings. The quantitative estimate of drug-likeness (QED) is 0.614. The third kappa shape index (κ3) is 4.76. The van der Waals surface area contributed by atoms with Gasteiger partial charge in [0, 0.05) is 30.8 Å². The smallest absolute Gasteiger partial charge is 0.223 e. The zero-order valence-corrected chi connectivity index (χ0v) is 18.0. The molecule has 1 N–H and O–H groups in total. The lowest BCUT2D eigenvalue weighted by Crippen LogP contribution is -2.40. The van der Waals surface area contributed by atoms with Crippen molar-refractivity contribution in [2.45, 2.75) is 40.3 Å². The van der Waals surface area contributed by atoms with Crippen LogP contribution in [-0.4, -0.2) is 26.9 Å². The molecule has 2 heterocycles. The molecule has 1 aromatic heterocycles. The minimum atomic E-state index is -0.320. The minimum absolute atomic E-state index is 0.0848. The van der Waals surface area contributed by atoms with Crippen LogP contribution >= 0.6 is 0 Å². The summed E-state index contributed by atoms with van der Waals surface area (Å²) in [5.74, 6) is 0.985. The van der Waals surface area contributed by atoms with Gasteiger partial charge in [0.25, 0.3) is 0 Å². The van der Waals surface area contributed by atoms with E-state index in [-0.39, 0.29) is 23.0 Å². The summed E-state index contributed by atoms with van der Waals surface area (Å²) in [6.07, 6.45) is 0.471. The molecule has 31 heavy (non-hydrogen) atoms. The molecule has 0 bridgehead atoms. The second-order valence-electron chi connectivity index (χ2n) is 9.07. The number of fused-ring (bicyclic) bond motifs is 1. The molecule has 7 heteroatoms. The van der Waals surface area contributed by atoms with Gasteiger partial charge in [-0.15, -0.1) is 0 Å². The van der Waals surface area contributed by atoms with Crippen molar-refractivity contribution in [2.24, 2.45) is 5.41 Å². The summed E-state index contributed by atoms with van der Waals surface area (Å²) >= 11 is 0. The fourth-order valence-corrected chi connectivity index (χ4v) is 3.72. The lowest BCUT2D eigenvalue weighted by atomic mass is 9.91. The molecule has 0 aliphatic carbocycles. The molecule has 0 atom stereocenters. The monoisotopic (exact) mass is 424 g/mol. The maximum absolute atomic E-state index is 13.5. The van der Waals surface area contributed by atoms with Crippen molar-refractivity contribution in [3.05, 3.63) is 66.0 Å². The summed E-state index contributed by atoms with van der Waals surface area (Å²) in [5, 5.41) is 3.34. The minimum Gasteiger partial charge on any atom is -0.340 e. The van der Waals surface area contributed by atoms with Crippen LogP contribution in [-0.2, 0) is 17.9 Å². The first kappa shape index (κ1) is 21.0. The number of amides is 1. The Morgan fingerprint density at radius 1 is 1.00 bits per heavy atom. The summed E-state index contributed by atoms with van der Waals surface area (Å²) in [6, 6.07) is 12.3. The number of benzene rings is 2. The Morgan fingerprint density at radius 3 is 2.23 bits per heavy atom. The Balaban J connectivity index is 1.69. The van der Waals surface area contributed by atoms with Gasteiger partial charge in [0.1, 0.15) is 29.0 Å². The van der Waals surface area contributed by atoms with E-state index in [0.717, 1.165) is 22.9 Å². The van der Waals surface area contributed by atoms with E-state index in [1.807, 2.05) is 30.2 Å². The van der Waals surface area contributed by atoms with Crippen LogP contribution in [0.3, 0.4) is 0 Å². The van der Waals surface area contributed by atoms with E-state index in [1.54, 1.807) is 24.3 Å². The summed E-state index contributed by atoms with van der Waals surface area (Å²) in [7, 11) is 0. The normalized spacial score (nSPS) is 13.8. The number of anilines is 2. The van der Waals surface area contributed by atoms with Crippen LogP contribution < -0.4 is 5.32 Å². The standard InChI is InChI=1S/C24H26F2N4O/c1-24(2,3)14-21(31)29-12-13-30-20(15-29)28-22(16-4-6-17(25)7-5-16)23(30)27-19-10-8-18(26)9-11-19/h4-11,27H,12-15H2,1-3H3. The van der Waals surface area contributed by atoms with Crippen LogP contribution in [0.5, 0.6) is 0 Å². The maximum atomic E-state index is 13.5. The van der Waals surface area contributed by atoms with E-state index in [4.69, 9.17) is 4.98 Å². The highest BCUT2D eigenvalue weighted by Crippen LogP contribution is 2.34. The number of hydrogen-bond acceptors (Lipinski definition) is 3. The average Bonchev–Trinajstić information content (AvgIpc) is 3.06. The van der Waals surface area contributed by atoms with Gasteiger partial charge in [-0.3, -0.25) is 4.79 Å². The Kier molecular flexibility index (Phi) is 5.52. The molecule has 162 valence electrons. The molecule has 0 radical (unpaired) electrons. The highest BCUT2D eigenvalue weighted by atomic mass is 19.1. The molecule has 0 unspecified atom stereocenters. The first-order chi connectivity index (χ1) is 14.7. The lowest BCUT2D eigenvalue weighted by molar-refractivity contribution is -0.134. The van der Waals surface area contributed by atoms with Crippen LogP contribution in [0.1, 0.15) is 33.0 Å². The Labute approximate surface area is 180 Å². The van der Waals surface area contributed by atoms with Gasteiger partial charge in [0.05, 0.1) is 6.54 Å². The van der Waals surface area contributed by atoms with E-state index in [0.29, 0.717) is 31.7 Å². The van der Waals surface area contributed by atoms with Crippen molar-refractivity contribution < 1.29 is 13.6 Å². The van der Waals surface area contributed by atoms with Crippen molar-refractivity contribution in [3.63, 3.8) is 0 Å². The third-order valence-corrected chi connectivity index (χ3v) is 5.23. The van der Waals surface area contributed by atoms with Gasteiger partial charge in [-0.2, -0.15) is 0 Å². The van der Waals surface area contributed by atoms with Crippen molar-refractivity contribution in [2.75, 3.05) is 11.9 Å². The lowest BCUT2D eigenvalue weighted by Gasteiger charge is -2.31. The fraction of sp³-hybridized carbons (Fsp3) is 0.333. The first-order valence-electron chi connectivity index (χ1n) is 10.4. The van der Waals surface area contributed by atoms with Gasteiger partial charge in [0.2, 0.25) is 5.91 Å². The number of halogens is 2. The Bertz CT molecular complexity index is 1080. The maximum Gasteiger partial charge on any atom is 0.223 e. The molecule has 2 aromatic carbocycles. The van der Waals surface area contributed by atoms with Crippen LogP contribution in [0.2, 0.25) is 0 Å². The second-order valence-corrected chi connectivity index (χ2v) is 9.07. The number of hydrogen-bond donors (Lipinski definition) is 1.